The summed E-state index contributed by atoms with van der Waals surface area (Å²) in [6, 6.07) is 1.74. The molecule has 6 nitrogen and oxygen atoms in total. The molecule has 0 aliphatic heterocycles. The summed E-state index contributed by atoms with van der Waals surface area (Å²) in [6.45, 7) is 6.28. The topological polar surface area (TPSA) is 64.7 Å². The molecule has 0 aliphatic carbocycles. The quantitative estimate of drug-likeness (QED) is 0.838. The second-order valence-electron chi connectivity index (χ2n) is 4.66. The molecule has 20 heavy (non-hydrogen) atoms. The number of aryl methyl sites for hydroxylation is 2. The van der Waals surface area contributed by atoms with E-state index >= 15 is 0 Å². The minimum absolute atomic E-state index is 0.109. The predicted molar refractivity (Wildman–Crippen MR) is 76.2 cm³/mol. The van der Waals surface area contributed by atoms with Gasteiger partial charge in [-0.2, -0.15) is 5.10 Å². The Kier molecular flexibility index (Phi) is 4.92. The highest BCUT2D eigenvalue weighted by atomic mass is 16.2. The Morgan fingerprint density at radius 3 is 2.80 bits per heavy atom. The van der Waals surface area contributed by atoms with Gasteiger partial charge >= 0.3 is 0 Å². The van der Waals surface area contributed by atoms with Crippen LogP contribution in [0.25, 0.3) is 0 Å². The molecule has 1 amide bonds. The van der Waals surface area contributed by atoms with Gasteiger partial charge in [-0.3, -0.25) is 9.48 Å². The van der Waals surface area contributed by atoms with Crippen molar-refractivity contribution in [2.45, 2.75) is 46.3 Å². The van der Waals surface area contributed by atoms with Crippen molar-refractivity contribution in [3.8, 4) is 0 Å². The number of amides is 1. The van der Waals surface area contributed by atoms with Gasteiger partial charge in [-0.25, -0.2) is 4.98 Å². The fourth-order valence-corrected chi connectivity index (χ4v) is 2.12. The van der Waals surface area contributed by atoms with E-state index < -0.39 is 0 Å². The Morgan fingerprint density at radius 2 is 2.05 bits per heavy atom. The maximum Gasteiger partial charge on any atom is 0.269 e. The monoisotopic (exact) mass is 275 g/mol. The first-order valence-corrected chi connectivity index (χ1v) is 7.06. The molecule has 0 atom stereocenters. The fraction of sp³-hybridized carbons (Fsp3) is 0.500. The average molecular weight is 275 g/mol. The van der Waals surface area contributed by atoms with Crippen LogP contribution in [0.3, 0.4) is 0 Å². The molecule has 0 radical (unpaired) electrons. The van der Waals surface area contributed by atoms with Gasteiger partial charge in [0, 0.05) is 31.7 Å². The third-order valence-corrected chi connectivity index (χ3v) is 3.06. The number of nitrogens with one attached hydrogen (secondary N) is 1. The lowest BCUT2D eigenvalue weighted by Crippen LogP contribution is -2.27. The van der Waals surface area contributed by atoms with E-state index in [9.17, 15) is 4.79 Å². The van der Waals surface area contributed by atoms with Gasteiger partial charge < -0.3 is 9.88 Å². The molecule has 6 heteroatoms. The van der Waals surface area contributed by atoms with Gasteiger partial charge in [0.1, 0.15) is 11.5 Å². The van der Waals surface area contributed by atoms with Crippen molar-refractivity contribution < 1.29 is 4.79 Å². The Balaban J connectivity index is 1.97. The van der Waals surface area contributed by atoms with Crippen molar-refractivity contribution >= 4 is 5.91 Å². The van der Waals surface area contributed by atoms with Gasteiger partial charge in [0.2, 0.25) is 0 Å². The molecule has 0 fully saturated rings. The Morgan fingerprint density at radius 1 is 1.25 bits per heavy atom. The number of hydrogen-bond donors (Lipinski definition) is 1. The number of aromatic nitrogens is 4. The third-order valence-electron chi connectivity index (χ3n) is 3.06. The van der Waals surface area contributed by atoms with Crippen LogP contribution in [0.15, 0.2) is 24.7 Å². The zero-order valence-electron chi connectivity index (χ0n) is 12.0. The van der Waals surface area contributed by atoms with E-state index in [2.05, 4.69) is 33.8 Å². The number of nitrogens with zero attached hydrogens (tertiary/aromatic N) is 4. The van der Waals surface area contributed by atoms with Crippen LogP contribution in [-0.2, 0) is 19.6 Å². The molecule has 0 spiro atoms. The van der Waals surface area contributed by atoms with E-state index in [0.29, 0.717) is 12.2 Å². The van der Waals surface area contributed by atoms with Gasteiger partial charge in [-0.1, -0.05) is 13.8 Å². The van der Waals surface area contributed by atoms with Gasteiger partial charge in [0.25, 0.3) is 5.91 Å². The molecule has 0 unspecified atom stereocenters. The Bertz CT molecular complexity index is 557. The van der Waals surface area contributed by atoms with Crippen molar-refractivity contribution in [1.82, 2.24) is 24.6 Å². The van der Waals surface area contributed by atoms with E-state index in [-0.39, 0.29) is 5.91 Å². The second kappa shape index (κ2) is 6.88. The van der Waals surface area contributed by atoms with Crippen molar-refractivity contribution in [3.05, 3.63) is 36.2 Å². The van der Waals surface area contributed by atoms with Crippen LogP contribution in [0.2, 0.25) is 0 Å². The number of rotatable bonds is 7. The molecule has 0 saturated heterocycles. The van der Waals surface area contributed by atoms with Crippen LogP contribution in [0.5, 0.6) is 0 Å². The van der Waals surface area contributed by atoms with Gasteiger partial charge in [0.05, 0.1) is 6.54 Å². The van der Waals surface area contributed by atoms with Crippen LogP contribution in [0.4, 0.5) is 0 Å². The van der Waals surface area contributed by atoms with Crippen LogP contribution in [0, 0.1) is 0 Å². The van der Waals surface area contributed by atoms with E-state index in [1.165, 1.54) is 0 Å². The zero-order chi connectivity index (χ0) is 14.4. The first-order valence-electron chi connectivity index (χ1n) is 7.06. The molecule has 2 aromatic heterocycles. The SMILES string of the molecule is CCCn1ccnc1CNC(=O)c1ccnn1CCC. The summed E-state index contributed by atoms with van der Waals surface area (Å²) >= 11 is 0. The summed E-state index contributed by atoms with van der Waals surface area (Å²) < 4.78 is 3.79. The molecule has 2 heterocycles. The van der Waals surface area contributed by atoms with Gasteiger partial charge in [-0.05, 0) is 18.9 Å². The normalized spacial score (nSPS) is 10.7. The Hall–Kier alpha value is -2.11. The summed E-state index contributed by atoms with van der Waals surface area (Å²) in [6.07, 6.45) is 7.34. The molecular formula is C14H21N5O. The van der Waals surface area contributed by atoms with Crippen LogP contribution >= 0.6 is 0 Å². The lowest BCUT2D eigenvalue weighted by molar-refractivity contribution is 0.0938. The van der Waals surface area contributed by atoms with Gasteiger partial charge in [0.15, 0.2) is 0 Å². The summed E-state index contributed by atoms with van der Waals surface area (Å²) in [5, 5.41) is 7.06. The number of hydrogen-bond acceptors (Lipinski definition) is 3. The van der Waals surface area contributed by atoms with Crippen LogP contribution in [-0.4, -0.2) is 25.2 Å². The standard InChI is InChI=1S/C14H21N5O/c1-3-8-18-10-7-15-13(18)11-16-14(20)12-5-6-17-19(12)9-4-2/h5-7,10H,3-4,8-9,11H2,1-2H3,(H,16,20). The van der Waals surface area contributed by atoms with Crippen LogP contribution < -0.4 is 5.32 Å². The number of imidazole rings is 1. The third kappa shape index (κ3) is 3.26. The van der Waals surface area contributed by atoms with E-state index in [4.69, 9.17) is 0 Å². The molecule has 108 valence electrons. The lowest BCUT2D eigenvalue weighted by atomic mass is 10.3. The Labute approximate surface area is 118 Å². The van der Waals surface area contributed by atoms with E-state index in [0.717, 1.165) is 31.8 Å². The molecule has 0 bridgehead atoms. The van der Waals surface area contributed by atoms with E-state index in [1.54, 1.807) is 23.1 Å². The number of carbonyl (C=O) groups is 1. The first-order chi connectivity index (χ1) is 9.76. The van der Waals surface area contributed by atoms with Crippen molar-refractivity contribution in [3.63, 3.8) is 0 Å². The smallest absolute Gasteiger partial charge is 0.269 e. The maximum atomic E-state index is 12.2. The molecule has 0 aliphatic rings. The fourth-order valence-electron chi connectivity index (χ4n) is 2.12. The maximum absolute atomic E-state index is 12.2. The minimum Gasteiger partial charge on any atom is -0.343 e. The van der Waals surface area contributed by atoms with Crippen molar-refractivity contribution in [2.24, 2.45) is 0 Å². The summed E-state index contributed by atoms with van der Waals surface area (Å²) in [4.78, 5) is 16.4. The summed E-state index contributed by atoms with van der Waals surface area (Å²) in [7, 11) is 0. The minimum atomic E-state index is -0.109. The molecular weight excluding hydrogens is 254 g/mol. The number of carbonyl (C=O) groups excluding carboxylic acids is 1. The molecule has 0 aromatic carbocycles. The largest absolute Gasteiger partial charge is 0.343 e. The molecule has 0 saturated carbocycles. The average Bonchev–Trinajstić information content (AvgIpc) is 3.06. The highest BCUT2D eigenvalue weighted by Crippen LogP contribution is 2.03. The highest BCUT2D eigenvalue weighted by Gasteiger charge is 2.12. The molecule has 2 aromatic rings. The molecule has 1 N–H and O–H groups in total. The molecule has 2 rings (SSSR count). The summed E-state index contributed by atoms with van der Waals surface area (Å²) in [5.74, 6) is 0.767. The lowest BCUT2D eigenvalue weighted by Gasteiger charge is -2.09. The van der Waals surface area contributed by atoms with Crippen LogP contribution in [0.1, 0.15) is 43.0 Å². The van der Waals surface area contributed by atoms with E-state index in [1.807, 2.05) is 6.20 Å². The predicted octanol–water partition coefficient (Wildman–Crippen LogP) is 1.83. The highest BCUT2D eigenvalue weighted by molar-refractivity contribution is 5.92. The van der Waals surface area contributed by atoms with Crippen molar-refractivity contribution in [2.75, 3.05) is 0 Å². The second-order valence-corrected chi connectivity index (χ2v) is 4.66. The zero-order valence-corrected chi connectivity index (χ0v) is 12.0. The first kappa shape index (κ1) is 14.3. The van der Waals surface area contributed by atoms with Gasteiger partial charge in [-0.15, -0.1) is 0 Å². The van der Waals surface area contributed by atoms with Crippen molar-refractivity contribution in [1.29, 1.82) is 0 Å². The summed E-state index contributed by atoms with van der Waals surface area (Å²) in [5.41, 5.74) is 0.598.